The molecule has 0 fully saturated rings. The number of carbonyl (C=O) groups excluding carboxylic acids is 1. The fourth-order valence-electron chi connectivity index (χ4n) is 1.96. The zero-order chi connectivity index (χ0) is 13.4. The van der Waals surface area contributed by atoms with Gasteiger partial charge in [0.15, 0.2) is 11.6 Å². The standard InChI is InChI=1S/C14H11N3O2/c1-9(18)10-4-5-12-13(7-10)17(19)14(16-12)11-3-2-6-15-8-11/h2-8,19H,1H3. The fourth-order valence-corrected chi connectivity index (χ4v) is 1.96. The predicted octanol–water partition coefficient (Wildman–Crippen LogP) is 2.54. The quantitative estimate of drug-likeness (QED) is 0.563. The molecule has 5 heteroatoms. The number of imidazole rings is 1. The molecule has 2 heterocycles. The van der Waals surface area contributed by atoms with Crippen LogP contribution >= 0.6 is 0 Å². The molecule has 0 unspecified atom stereocenters. The highest BCUT2D eigenvalue weighted by atomic mass is 16.5. The third-order valence-corrected chi connectivity index (χ3v) is 2.96. The van der Waals surface area contributed by atoms with E-state index in [1.807, 2.05) is 6.07 Å². The van der Waals surface area contributed by atoms with Crippen molar-refractivity contribution in [3.8, 4) is 11.4 Å². The lowest BCUT2D eigenvalue weighted by molar-refractivity contribution is 0.101. The summed E-state index contributed by atoms with van der Waals surface area (Å²) in [6.07, 6.45) is 3.28. The van der Waals surface area contributed by atoms with E-state index in [1.165, 1.54) is 6.92 Å². The first-order valence-electron chi connectivity index (χ1n) is 5.80. The van der Waals surface area contributed by atoms with E-state index in [1.54, 1.807) is 36.7 Å². The Labute approximate surface area is 109 Å². The maximum atomic E-state index is 11.4. The zero-order valence-corrected chi connectivity index (χ0v) is 10.2. The number of aromatic nitrogens is 3. The van der Waals surface area contributed by atoms with Gasteiger partial charge >= 0.3 is 0 Å². The molecule has 0 aliphatic carbocycles. The van der Waals surface area contributed by atoms with E-state index < -0.39 is 0 Å². The highest BCUT2D eigenvalue weighted by Gasteiger charge is 2.13. The molecular formula is C14H11N3O2. The topological polar surface area (TPSA) is 68.0 Å². The van der Waals surface area contributed by atoms with Crippen molar-refractivity contribution in [2.45, 2.75) is 6.92 Å². The van der Waals surface area contributed by atoms with Crippen LogP contribution in [0.4, 0.5) is 0 Å². The molecule has 2 aromatic heterocycles. The first-order valence-corrected chi connectivity index (χ1v) is 5.80. The second-order valence-electron chi connectivity index (χ2n) is 4.25. The van der Waals surface area contributed by atoms with E-state index in [0.717, 1.165) is 4.73 Å². The van der Waals surface area contributed by atoms with Crippen molar-refractivity contribution < 1.29 is 10.0 Å². The van der Waals surface area contributed by atoms with E-state index in [-0.39, 0.29) is 5.78 Å². The van der Waals surface area contributed by atoms with Crippen molar-refractivity contribution in [1.82, 2.24) is 14.7 Å². The number of nitrogens with zero attached hydrogens (tertiary/aromatic N) is 3. The molecule has 5 nitrogen and oxygen atoms in total. The summed E-state index contributed by atoms with van der Waals surface area (Å²) in [7, 11) is 0. The third kappa shape index (κ3) is 1.85. The average molecular weight is 253 g/mol. The van der Waals surface area contributed by atoms with Crippen LogP contribution in [0, 0.1) is 0 Å². The molecule has 94 valence electrons. The molecule has 19 heavy (non-hydrogen) atoms. The SMILES string of the molecule is CC(=O)c1ccc2nc(-c3cccnc3)n(O)c2c1. The van der Waals surface area contributed by atoms with Crippen LogP contribution in [0.2, 0.25) is 0 Å². The largest absolute Gasteiger partial charge is 0.426 e. The highest BCUT2D eigenvalue weighted by Crippen LogP contribution is 2.23. The number of hydrogen-bond acceptors (Lipinski definition) is 4. The Hall–Kier alpha value is -2.69. The monoisotopic (exact) mass is 253 g/mol. The van der Waals surface area contributed by atoms with Gasteiger partial charge in [-0.3, -0.25) is 9.78 Å². The van der Waals surface area contributed by atoms with Gasteiger partial charge in [0.1, 0.15) is 5.52 Å². The summed E-state index contributed by atoms with van der Waals surface area (Å²) in [5.74, 6) is 0.356. The highest BCUT2D eigenvalue weighted by molar-refractivity contribution is 5.97. The molecule has 0 bridgehead atoms. The van der Waals surface area contributed by atoms with Crippen LogP contribution in [0.1, 0.15) is 17.3 Å². The molecule has 0 saturated heterocycles. The van der Waals surface area contributed by atoms with Crippen LogP contribution < -0.4 is 0 Å². The number of pyridine rings is 1. The summed E-state index contributed by atoms with van der Waals surface area (Å²) in [4.78, 5) is 19.7. The number of carbonyl (C=O) groups is 1. The van der Waals surface area contributed by atoms with Gasteiger partial charge in [-0.05, 0) is 37.3 Å². The van der Waals surface area contributed by atoms with Gasteiger partial charge in [-0.1, -0.05) is 0 Å². The first kappa shape index (κ1) is 11.4. The maximum absolute atomic E-state index is 11.4. The fraction of sp³-hybridized carbons (Fsp3) is 0.0714. The van der Waals surface area contributed by atoms with Crippen molar-refractivity contribution >= 4 is 16.8 Å². The van der Waals surface area contributed by atoms with E-state index in [4.69, 9.17) is 0 Å². The van der Waals surface area contributed by atoms with Crippen molar-refractivity contribution in [2.75, 3.05) is 0 Å². The minimum absolute atomic E-state index is 0.0500. The van der Waals surface area contributed by atoms with Gasteiger partial charge in [0.25, 0.3) is 0 Å². The molecule has 0 saturated carbocycles. The Morgan fingerprint density at radius 3 is 2.84 bits per heavy atom. The molecular weight excluding hydrogens is 242 g/mol. The Balaban J connectivity index is 2.24. The Morgan fingerprint density at radius 2 is 2.16 bits per heavy atom. The summed E-state index contributed by atoms with van der Waals surface area (Å²) in [6, 6.07) is 8.64. The molecule has 1 N–H and O–H groups in total. The molecule has 0 aliphatic heterocycles. The number of rotatable bonds is 2. The molecule has 0 spiro atoms. The third-order valence-electron chi connectivity index (χ3n) is 2.96. The van der Waals surface area contributed by atoms with Gasteiger partial charge in [-0.15, -0.1) is 0 Å². The van der Waals surface area contributed by atoms with Crippen LogP contribution in [0.5, 0.6) is 0 Å². The lowest BCUT2D eigenvalue weighted by Crippen LogP contribution is -1.96. The molecule has 0 amide bonds. The number of Topliss-reactive ketones (excluding diaryl/α,β-unsaturated/α-hetero) is 1. The lowest BCUT2D eigenvalue weighted by Gasteiger charge is -2.00. The molecule has 0 atom stereocenters. The summed E-state index contributed by atoms with van der Waals surface area (Å²) in [5.41, 5.74) is 2.39. The number of fused-ring (bicyclic) bond motifs is 1. The van der Waals surface area contributed by atoms with E-state index in [9.17, 15) is 10.0 Å². The second kappa shape index (κ2) is 4.20. The normalized spacial score (nSPS) is 10.8. The summed E-state index contributed by atoms with van der Waals surface area (Å²) in [5, 5.41) is 10.2. The van der Waals surface area contributed by atoms with E-state index >= 15 is 0 Å². The van der Waals surface area contributed by atoms with Crippen LogP contribution in [0.3, 0.4) is 0 Å². The van der Waals surface area contributed by atoms with Crippen molar-refractivity contribution in [3.63, 3.8) is 0 Å². The van der Waals surface area contributed by atoms with Crippen molar-refractivity contribution in [2.24, 2.45) is 0 Å². The van der Waals surface area contributed by atoms with Gasteiger partial charge in [0.05, 0.1) is 5.52 Å². The van der Waals surface area contributed by atoms with Gasteiger partial charge in [0, 0.05) is 23.5 Å². The molecule has 3 aromatic rings. The Kier molecular flexibility index (Phi) is 2.52. The number of hydrogen-bond donors (Lipinski definition) is 1. The summed E-state index contributed by atoms with van der Waals surface area (Å²) in [6.45, 7) is 1.49. The maximum Gasteiger partial charge on any atom is 0.178 e. The van der Waals surface area contributed by atoms with Crippen LogP contribution in [0.15, 0.2) is 42.7 Å². The average Bonchev–Trinajstić information content (AvgIpc) is 2.77. The van der Waals surface area contributed by atoms with Crippen molar-refractivity contribution in [1.29, 1.82) is 0 Å². The molecule has 0 radical (unpaired) electrons. The number of benzene rings is 1. The second-order valence-corrected chi connectivity index (χ2v) is 4.25. The van der Waals surface area contributed by atoms with Crippen LogP contribution in [-0.2, 0) is 0 Å². The summed E-state index contributed by atoms with van der Waals surface area (Å²) >= 11 is 0. The first-order chi connectivity index (χ1) is 9.16. The van der Waals surface area contributed by atoms with Gasteiger partial charge in [-0.2, -0.15) is 4.73 Å². The number of ketones is 1. The zero-order valence-electron chi connectivity index (χ0n) is 10.2. The van der Waals surface area contributed by atoms with Crippen LogP contribution in [-0.4, -0.2) is 25.7 Å². The lowest BCUT2D eigenvalue weighted by atomic mass is 10.1. The van der Waals surface area contributed by atoms with Crippen LogP contribution in [0.25, 0.3) is 22.4 Å². The summed E-state index contributed by atoms with van der Waals surface area (Å²) < 4.78 is 0.985. The van der Waals surface area contributed by atoms with Gasteiger partial charge in [-0.25, -0.2) is 4.98 Å². The molecule has 3 rings (SSSR count). The predicted molar refractivity (Wildman–Crippen MR) is 70.2 cm³/mol. The van der Waals surface area contributed by atoms with E-state index in [2.05, 4.69) is 9.97 Å². The minimum atomic E-state index is -0.0500. The van der Waals surface area contributed by atoms with Crippen molar-refractivity contribution in [3.05, 3.63) is 48.3 Å². The Morgan fingerprint density at radius 1 is 1.32 bits per heavy atom. The smallest absolute Gasteiger partial charge is 0.178 e. The molecule has 1 aromatic carbocycles. The Bertz CT molecular complexity index is 763. The van der Waals surface area contributed by atoms with Gasteiger partial charge in [0.2, 0.25) is 0 Å². The van der Waals surface area contributed by atoms with E-state index in [0.29, 0.717) is 28.0 Å². The minimum Gasteiger partial charge on any atom is -0.426 e. The molecule has 0 aliphatic rings. The van der Waals surface area contributed by atoms with Gasteiger partial charge < -0.3 is 5.21 Å².